The predicted molar refractivity (Wildman–Crippen MR) is 84.5 cm³/mol. The number of aliphatic hydroxyl groups is 2. The quantitative estimate of drug-likeness (QED) is 0.704. The molecular weight excluding hydrogens is 337 g/mol. The first-order chi connectivity index (χ1) is 11.7. The molecule has 1 amide bonds. The van der Waals surface area contributed by atoms with Crippen molar-refractivity contribution in [3.8, 4) is 0 Å². The van der Waals surface area contributed by atoms with Crippen LogP contribution in [0.4, 0.5) is 15.0 Å². The van der Waals surface area contributed by atoms with Gasteiger partial charge in [0, 0.05) is 0 Å². The smallest absolute Gasteiger partial charge is 0.412 e. The molecule has 1 saturated heterocycles. The summed E-state index contributed by atoms with van der Waals surface area (Å²) in [5.74, 6) is -1.45. The van der Waals surface area contributed by atoms with Crippen LogP contribution in [0.5, 0.6) is 0 Å². The standard InChI is InChI=1S/C15H22FN3O6/c1-4-7(2)6-24-15(23)18-12-9(16)5-19(14(22)17-12)13-11(21)10(20)8(3)25-13/h5,7-8,10-11,13,20-21H,4,6H2,1-3H3,(H,17,18,22,23)/t7?,8-,10+,11?,13-/m1/s1. The zero-order valence-electron chi connectivity index (χ0n) is 14.2. The van der Waals surface area contributed by atoms with Gasteiger partial charge in [0.2, 0.25) is 0 Å². The van der Waals surface area contributed by atoms with Gasteiger partial charge in [0.05, 0.1) is 18.9 Å². The van der Waals surface area contributed by atoms with Crippen molar-refractivity contribution in [1.82, 2.24) is 9.55 Å². The third-order valence-corrected chi connectivity index (χ3v) is 4.07. The van der Waals surface area contributed by atoms with Crippen molar-refractivity contribution < 1.29 is 28.9 Å². The molecule has 0 saturated carbocycles. The highest BCUT2D eigenvalue weighted by atomic mass is 19.1. The molecule has 1 fully saturated rings. The number of ether oxygens (including phenoxy) is 2. The number of rotatable bonds is 5. The highest BCUT2D eigenvalue weighted by Crippen LogP contribution is 2.28. The lowest BCUT2D eigenvalue weighted by Gasteiger charge is -2.17. The van der Waals surface area contributed by atoms with E-state index in [9.17, 15) is 24.2 Å². The van der Waals surface area contributed by atoms with Crippen LogP contribution >= 0.6 is 0 Å². The number of carbonyl (C=O) groups is 1. The minimum Gasteiger partial charge on any atom is -0.449 e. The number of hydrogen-bond acceptors (Lipinski definition) is 7. The molecule has 0 spiro atoms. The van der Waals surface area contributed by atoms with E-state index in [1.807, 2.05) is 13.8 Å². The van der Waals surface area contributed by atoms with Gasteiger partial charge in [0.1, 0.15) is 12.2 Å². The second kappa shape index (κ2) is 7.89. The molecule has 1 aliphatic heterocycles. The highest BCUT2D eigenvalue weighted by Gasteiger charge is 2.42. The SMILES string of the molecule is CCC(C)COC(=O)Nc1nc(=O)n([C@@H]2O[C@H](C)[C@H](O)C2O)cc1F. The van der Waals surface area contributed by atoms with Crippen LogP contribution in [-0.2, 0) is 9.47 Å². The summed E-state index contributed by atoms with van der Waals surface area (Å²) in [4.78, 5) is 27.1. The molecule has 5 atom stereocenters. The number of amides is 1. The summed E-state index contributed by atoms with van der Waals surface area (Å²) in [6.45, 7) is 5.48. The van der Waals surface area contributed by atoms with Crippen LogP contribution in [0.3, 0.4) is 0 Å². The number of halogens is 1. The Morgan fingerprint density at radius 1 is 1.52 bits per heavy atom. The molecular formula is C15H22FN3O6. The van der Waals surface area contributed by atoms with Gasteiger partial charge in [-0.15, -0.1) is 0 Å². The first-order valence-electron chi connectivity index (χ1n) is 7.98. The van der Waals surface area contributed by atoms with Gasteiger partial charge in [-0.25, -0.2) is 14.0 Å². The van der Waals surface area contributed by atoms with Gasteiger partial charge in [-0.2, -0.15) is 4.98 Å². The number of hydrogen-bond donors (Lipinski definition) is 3. The third-order valence-electron chi connectivity index (χ3n) is 4.07. The van der Waals surface area contributed by atoms with E-state index in [-0.39, 0.29) is 12.5 Å². The van der Waals surface area contributed by atoms with Crippen LogP contribution in [-0.4, -0.2) is 50.8 Å². The molecule has 25 heavy (non-hydrogen) atoms. The summed E-state index contributed by atoms with van der Waals surface area (Å²) in [6.07, 6.45) is -4.00. The number of nitrogens with zero attached hydrogens (tertiary/aromatic N) is 2. The summed E-state index contributed by atoms with van der Waals surface area (Å²) in [5, 5.41) is 21.6. The molecule has 1 aromatic rings. The molecule has 2 unspecified atom stereocenters. The zero-order chi connectivity index (χ0) is 18.7. The normalized spacial score (nSPS) is 27.1. The molecule has 1 aliphatic rings. The van der Waals surface area contributed by atoms with E-state index in [4.69, 9.17) is 9.47 Å². The van der Waals surface area contributed by atoms with Gasteiger partial charge < -0.3 is 19.7 Å². The largest absolute Gasteiger partial charge is 0.449 e. The van der Waals surface area contributed by atoms with Gasteiger partial charge in [-0.1, -0.05) is 20.3 Å². The topological polar surface area (TPSA) is 123 Å². The summed E-state index contributed by atoms with van der Waals surface area (Å²) in [7, 11) is 0. The average molecular weight is 359 g/mol. The Morgan fingerprint density at radius 3 is 2.76 bits per heavy atom. The molecule has 10 heteroatoms. The van der Waals surface area contributed by atoms with Crippen LogP contribution < -0.4 is 11.0 Å². The molecule has 0 aromatic carbocycles. The van der Waals surface area contributed by atoms with E-state index < -0.39 is 48.0 Å². The summed E-state index contributed by atoms with van der Waals surface area (Å²) in [5.41, 5.74) is -0.955. The van der Waals surface area contributed by atoms with Crippen LogP contribution in [0.1, 0.15) is 33.4 Å². The van der Waals surface area contributed by atoms with Gasteiger partial charge in [-0.05, 0) is 12.8 Å². The average Bonchev–Trinajstić information content (AvgIpc) is 2.83. The highest BCUT2D eigenvalue weighted by molar-refractivity contribution is 5.83. The molecule has 9 nitrogen and oxygen atoms in total. The minimum absolute atomic E-state index is 0.144. The van der Waals surface area contributed by atoms with Crippen molar-refractivity contribution in [2.45, 2.75) is 51.7 Å². The Bertz CT molecular complexity index is 682. The van der Waals surface area contributed by atoms with E-state index in [2.05, 4.69) is 10.3 Å². The Kier molecular flexibility index (Phi) is 6.09. The van der Waals surface area contributed by atoms with Crippen LogP contribution in [0.15, 0.2) is 11.0 Å². The van der Waals surface area contributed by atoms with Gasteiger partial charge in [0.25, 0.3) is 0 Å². The van der Waals surface area contributed by atoms with Crippen molar-refractivity contribution in [3.63, 3.8) is 0 Å². The van der Waals surface area contributed by atoms with E-state index in [0.717, 1.165) is 17.2 Å². The van der Waals surface area contributed by atoms with Crippen molar-refractivity contribution in [3.05, 3.63) is 22.5 Å². The molecule has 0 bridgehead atoms. The molecule has 3 N–H and O–H groups in total. The van der Waals surface area contributed by atoms with Crippen LogP contribution in [0.25, 0.3) is 0 Å². The predicted octanol–water partition coefficient (Wildman–Crippen LogP) is 0.616. The first kappa shape index (κ1) is 19.3. The lowest BCUT2D eigenvalue weighted by molar-refractivity contribution is -0.0355. The van der Waals surface area contributed by atoms with E-state index >= 15 is 0 Å². The fraction of sp³-hybridized carbons (Fsp3) is 0.667. The molecule has 0 radical (unpaired) electrons. The number of nitrogens with one attached hydrogen (secondary N) is 1. The molecule has 140 valence electrons. The summed E-state index contributed by atoms with van der Waals surface area (Å²) in [6, 6.07) is 0. The lowest BCUT2D eigenvalue weighted by atomic mass is 10.1. The summed E-state index contributed by atoms with van der Waals surface area (Å²) < 4.78 is 25.0. The first-order valence-corrected chi connectivity index (χ1v) is 7.98. The Balaban J connectivity index is 2.12. The third kappa shape index (κ3) is 4.33. The van der Waals surface area contributed by atoms with Gasteiger partial charge in [0.15, 0.2) is 17.9 Å². The number of aromatic nitrogens is 2. The Hall–Kier alpha value is -2.04. The van der Waals surface area contributed by atoms with Crippen molar-refractivity contribution in [1.29, 1.82) is 0 Å². The zero-order valence-corrected chi connectivity index (χ0v) is 14.2. The monoisotopic (exact) mass is 359 g/mol. The molecule has 2 rings (SSSR count). The van der Waals surface area contributed by atoms with E-state index in [1.165, 1.54) is 6.92 Å². The van der Waals surface area contributed by atoms with Gasteiger partial charge in [-0.3, -0.25) is 9.88 Å². The fourth-order valence-electron chi connectivity index (χ4n) is 2.24. The number of carbonyl (C=O) groups excluding carboxylic acids is 1. The molecule has 0 aliphatic carbocycles. The van der Waals surface area contributed by atoms with E-state index in [0.29, 0.717) is 0 Å². The van der Waals surface area contributed by atoms with Crippen LogP contribution in [0, 0.1) is 11.7 Å². The van der Waals surface area contributed by atoms with Crippen molar-refractivity contribution in [2.75, 3.05) is 11.9 Å². The van der Waals surface area contributed by atoms with Crippen LogP contribution in [0.2, 0.25) is 0 Å². The summed E-state index contributed by atoms with van der Waals surface area (Å²) >= 11 is 0. The minimum atomic E-state index is -1.41. The Morgan fingerprint density at radius 2 is 2.20 bits per heavy atom. The van der Waals surface area contributed by atoms with Gasteiger partial charge >= 0.3 is 11.8 Å². The fourth-order valence-corrected chi connectivity index (χ4v) is 2.24. The van der Waals surface area contributed by atoms with Crippen molar-refractivity contribution >= 4 is 11.9 Å². The van der Waals surface area contributed by atoms with Crippen molar-refractivity contribution in [2.24, 2.45) is 5.92 Å². The lowest BCUT2D eigenvalue weighted by Crippen LogP contribution is -2.36. The second-order valence-electron chi connectivity index (χ2n) is 6.08. The molecule has 2 heterocycles. The number of anilines is 1. The number of aliphatic hydroxyl groups excluding tert-OH is 2. The maximum Gasteiger partial charge on any atom is 0.412 e. The van der Waals surface area contributed by atoms with E-state index in [1.54, 1.807) is 0 Å². The maximum absolute atomic E-state index is 14.1. The molecule has 1 aromatic heterocycles. The maximum atomic E-state index is 14.1. The Labute approximate surface area is 143 Å². The second-order valence-corrected chi connectivity index (χ2v) is 6.08.